The molecule has 2 unspecified atom stereocenters. The fraction of sp³-hybridized carbons (Fsp3) is 0.611. The number of hydrogen-bond acceptors (Lipinski definition) is 3. The maximum Gasteiger partial charge on any atom is 0.317 e. The van der Waals surface area contributed by atoms with Crippen molar-refractivity contribution in [2.45, 2.75) is 39.2 Å². The molecule has 0 bridgehead atoms. The van der Waals surface area contributed by atoms with Gasteiger partial charge in [0.25, 0.3) is 0 Å². The summed E-state index contributed by atoms with van der Waals surface area (Å²) in [5.74, 6) is 1.04. The number of aliphatic hydroxyl groups is 1. The number of ether oxygens (including phenoxy) is 1. The Bertz CT molecular complexity index is 531. The van der Waals surface area contributed by atoms with Crippen molar-refractivity contribution in [2.75, 3.05) is 26.7 Å². The zero-order valence-electron chi connectivity index (χ0n) is 14.3. The highest BCUT2D eigenvalue weighted by Crippen LogP contribution is 2.21. The molecule has 2 amide bonds. The molecule has 2 rings (SSSR count). The van der Waals surface area contributed by atoms with E-state index in [-0.39, 0.29) is 18.1 Å². The number of methoxy groups -OCH3 is 1. The Morgan fingerprint density at radius 3 is 3.00 bits per heavy atom. The van der Waals surface area contributed by atoms with Crippen LogP contribution in [0.25, 0.3) is 0 Å². The largest absolute Gasteiger partial charge is 0.496 e. The second kappa shape index (κ2) is 8.20. The first-order valence-corrected chi connectivity index (χ1v) is 8.35. The predicted octanol–water partition coefficient (Wildman–Crippen LogP) is 2.35. The number of carbonyl (C=O) groups is 1. The number of likely N-dealkylation sites (tertiary alicyclic amines) is 1. The van der Waals surface area contributed by atoms with Gasteiger partial charge >= 0.3 is 6.03 Å². The number of aliphatic hydroxyl groups excluding tert-OH is 1. The summed E-state index contributed by atoms with van der Waals surface area (Å²) in [7, 11) is 1.66. The van der Waals surface area contributed by atoms with E-state index in [2.05, 4.69) is 11.4 Å². The lowest BCUT2D eigenvalue weighted by atomic mass is 9.94. The average Bonchev–Trinajstić information content (AvgIpc) is 2.55. The predicted molar refractivity (Wildman–Crippen MR) is 90.8 cm³/mol. The fourth-order valence-electron chi connectivity index (χ4n) is 3.11. The lowest BCUT2D eigenvalue weighted by molar-refractivity contribution is 0.0740. The Morgan fingerprint density at radius 1 is 1.52 bits per heavy atom. The van der Waals surface area contributed by atoms with Crippen LogP contribution < -0.4 is 10.1 Å². The van der Waals surface area contributed by atoms with E-state index in [9.17, 15) is 9.90 Å². The summed E-state index contributed by atoms with van der Waals surface area (Å²) in [6.45, 7) is 5.83. The van der Waals surface area contributed by atoms with Crippen LogP contribution in [0.5, 0.6) is 5.75 Å². The average molecular weight is 320 g/mol. The lowest BCUT2D eigenvalue weighted by Crippen LogP contribution is -2.47. The first kappa shape index (κ1) is 17.6. The highest BCUT2D eigenvalue weighted by atomic mass is 16.5. The number of amides is 2. The van der Waals surface area contributed by atoms with Crippen LogP contribution in [0.15, 0.2) is 18.2 Å². The van der Waals surface area contributed by atoms with Gasteiger partial charge in [0.15, 0.2) is 0 Å². The van der Waals surface area contributed by atoms with E-state index in [4.69, 9.17) is 4.74 Å². The summed E-state index contributed by atoms with van der Waals surface area (Å²) >= 11 is 0. The molecular formula is C18H28N2O3. The van der Waals surface area contributed by atoms with Gasteiger partial charge in [0.2, 0.25) is 0 Å². The van der Waals surface area contributed by atoms with Gasteiger partial charge in [-0.3, -0.25) is 0 Å². The molecule has 1 aromatic rings. The molecule has 0 aromatic heterocycles. The molecule has 0 radical (unpaired) electrons. The Kier molecular flexibility index (Phi) is 6.28. The number of rotatable bonds is 5. The zero-order chi connectivity index (χ0) is 16.8. The van der Waals surface area contributed by atoms with Crippen molar-refractivity contribution >= 4 is 6.03 Å². The maximum absolute atomic E-state index is 12.3. The number of nitrogens with zero attached hydrogens (tertiary/aromatic N) is 1. The number of piperidine rings is 1. The molecule has 1 fully saturated rings. The van der Waals surface area contributed by atoms with Gasteiger partial charge < -0.3 is 20.1 Å². The number of carbonyl (C=O) groups excluding carboxylic acids is 1. The Morgan fingerprint density at radius 2 is 2.30 bits per heavy atom. The quantitative estimate of drug-likeness (QED) is 0.875. The van der Waals surface area contributed by atoms with Gasteiger partial charge in [-0.2, -0.15) is 0 Å². The molecule has 1 heterocycles. The minimum absolute atomic E-state index is 0.0398. The van der Waals surface area contributed by atoms with E-state index < -0.39 is 0 Å². The van der Waals surface area contributed by atoms with Crippen molar-refractivity contribution in [2.24, 2.45) is 5.92 Å². The topological polar surface area (TPSA) is 61.8 Å². The molecule has 5 heteroatoms. The summed E-state index contributed by atoms with van der Waals surface area (Å²) in [5.41, 5.74) is 2.29. The Balaban J connectivity index is 1.84. The molecule has 0 saturated carbocycles. The van der Waals surface area contributed by atoms with Crippen LogP contribution in [0.4, 0.5) is 4.79 Å². The van der Waals surface area contributed by atoms with Crippen molar-refractivity contribution in [1.29, 1.82) is 0 Å². The van der Waals surface area contributed by atoms with Crippen LogP contribution in [0.3, 0.4) is 0 Å². The maximum atomic E-state index is 12.3. The zero-order valence-corrected chi connectivity index (χ0v) is 14.3. The second-order valence-corrected chi connectivity index (χ2v) is 6.39. The van der Waals surface area contributed by atoms with Gasteiger partial charge in [-0.15, -0.1) is 0 Å². The Hall–Kier alpha value is -1.75. The van der Waals surface area contributed by atoms with Crippen LogP contribution in [0.1, 0.15) is 30.9 Å². The van der Waals surface area contributed by atoms with Crippen LogP contribution in [-0.4, -0.2) is 48.9 Å². The first-order chi connectivity index (χ1) is 11.0. The van der Waals surface area contributed by atoms with Crippen molar-refractivity contribution < 1.29 is 14.6 Å². The molecule has 1 aliphatic rings. The minimum Gasteiger partial charge on any atom is -0.496 e. The van der Waals surface area contributed by atoms with Crippen molar-refractivity contribution in [3.8, 4) is 5.75 Å². The van der Waals surface area contributed by atoms with Crippen LogP contribution >= 0.6 is 0 Å². The van der Waals surface area contributed by atoms with Gasteiger partial charge in [0.1, 0.15) is 5.75 Å². The molecule has 1 aromatic carbocycles. The van der Waals surface area contributed by atoms with Crippen LogP contribution in [0, 0.1) is 12.8 Å². The molecule has 0 spiro atoms. The third-order valence-electron chi connectivity index (χ3n) is 4.53. The van der Waals surface area contributed by atoms with E-state index in [1.807, 2.05) is 24.0 Å². The van der Waals surface area contributed by atoms with E-state index >= 15 is 0 Å². The smallest absolute Gasteiger partial charge is 0.317 e. The molecule has 128 valence electrons. The minimum atomic E-state index is -0.359. The van der Waals surface area contributed by atoms with E-state index in [0.29, 0.717) is 13.1 Å². The molecule has 5 nitrogen and oxygen atoms in total. The number of urea groups is 1. The lowest BCUT2D eigenvalue weighted by Gasteiger charge is -2.34. The van der Waals surface area contributed by atoms with Gasteiger partial charge in [-0.05, 0) is 44.7 Å². The van der Waals surface area contributed by atoms with Gasteiger partial charge in [0.05, 0.1) is 13.2 Å². The number of aryl methyl sites for hydroxylation is 1. The molecule has 1 saturated heterocycles. The normalized spacial score (nSPS) is 19.3. The van der Waals surface area contributed by atoms with Crippen molar-refractivity contribution in [3.63, 3.8) is 0 Å². The molecule has 1 aliphatic heterocycles. The number of benzene rings is 1. The molecule has 0 aliphatic carbocycles. The summed E-state index contributed by atoms with van der Waals surface area (Å²) in [6.07, 6.45) is 2.32. The van der Waals surface area contributed by atoms with Crippen molar-refractivity contribution in [3.05, 3.63) is 29.3 Å². The third kappa shape index (κ3) is 4.86. The first-order valence-electron chi connectivity index (χ1n) is 8.35. The van der Waals surface area contributed by atoms with Crippen LogP contribution in [-0.2, 0) is 6.42 Å². The monoisotopic (exact) mass is 320 g/mol. The van der Waals surface area contributed by atoms with E-state index in [0.717, 1.165) is 37.1 Å². The molecule has 2 N–H and O–H groups in total. The molecule has 23 heavy (non-hydrogen) atoms. The van der Waals surface area contributed by atoms with Crippen molar-refractivity contribution in [1.82, 2.24) is 10.2 Å². The SMILES string of the molecule is COc1ccc(C)cc1CCNC(=O)N1CCCC(C(C)O)C1. The second-order valence-electron chi connectivity index (χ2n) is 6.39. The number of nitrogens with one attached hydrogen (secondary N) is 1. The van der Waals surface area contributed by atoms with E-state index in [1.165, 1.54) is 5.56 Å². The standard InChI is InChI=1S/C18H28N2O3/c1-13-6-7-17(23-3)15(11-13)8-9-19-18(22)20-10-4-5-16(12-20)14(2)21/h6-7,11,14,16,21H,4-5,8-10,12H2,1-3H3,(H,19,22). The van der Waals surface area contributed by atoms with Gasteiger partial charge in [-0.1, -0.05) is 17.7 Å². The fourth-order valence-corrected chi connectivity index (χ4v) is 3.11. The van der Waals surface area contributed by atoms with Gasteiger partial charge in [0, 0.05) is 25.6 Å². The molecular weight excluding hydrogens is 292 g/mol. The Labute approximate surface area is 138 Å². The summed E-state index contributed by atoms with van der Waals surface area (Å²) in [5, 5.41) is 12.7. The van der Waals surface area contributed by atoms with E-state index in [1.54, 1.807) is 14.0 Å². The van der Waals surface area contributed by atoms with Gasteiger partial charge in [-0.25, -0.2) is 4.79 Å². The third-order valence-corrected chi connectivity index (χ3v) is 4.53. The highest BCUT2D eigenvalue weighted by Gasteiger charge is 2.26. The summed E-state index contributed by atoms with van der Waals surface area (Å²) in [4.78, 5) is 14.1. The number of hydrogen-bond donors (Lipinski definition) is 2. The molecule has 2 atom stereocenters. The highest BCUT2D eigenvalue weighted by molar-refractivity contribution is 5.74. The summed E-state index contributed by atoms with van der Waals surface area (Å²) < 4.78 is 5.36. The summed E-state index contributed by atoms with van der Waals surface area (Å²) in [6, 6.07) is 6.03. The van der Waals surface area contributed by atoms with Crippen LogP contribution in [0.2, 0.25) is 0 Å².